The number of carbonyl (C=O) groups excluding carboxylic acids is 2. The SMILES string of the molecule is CCC(=O)NC1=C(CCCCl)c2ccccc2C1=O. The van der Waals surface area contributed by atoms with E-state index in [4.69, 9.17) is 11.6 Å². The zero-order valence-electron chi connectivity index (χ0n) is 10.8. The smallest absolute Gasteiger partial charge is 0.224 e. The lowest BCUT2D eigenvalue weighted by molar-refractivity contribution is -0.120. The largest absolute Gasteiger partial charge is 0.323 e. The van der Waals surface area contributed by atoms with Crippen molar-refractivity contribution in [2.24, 2.45) is 0 Å². The fourth-order valence-corrected chi connectivity index (χ4v) is 2.35. The van der Waals surface area contributed by atoms with Crippen molar-refractivity contribution in [1.82, 2.24) is 5.32 Å². The Bertz CT molecular complexity index is 549. The topological polar surface area (TPSA) is 46.2 Å². The van der Waals surface area contributed by atoms with Gasteiger partial charge in [0.15, 0.2) is 0 Å². The summed E-state index contributed by atoms with van der Waals surface area (Å²) in [6.07, 6.45) is 1.84. The number of fused-ring (bicyclic) bond motifs is 1. The first kappa shape index (κ1) is 13.8. The van der Waals surface area contributed by atoms with E-state index < -0.39 is 0 Å². The molecule has 1 amide bonds. The third-order valence-corrected chi connectivity index (χ3v) is 3.44. The normalized spacial score (nSPS) is 13.7. The quantitative estimate of drug-likeness (QED) is 0.841. The molecule has 0 unspecified atom stereocenters. The van der Waals surface area contributed by atoms with E-state index in [9.17, 15) is 9.59 Å². The van der Waals surface area contributed by atoms with Crippen molar-refractivity contribution in [1.29, 1.82) is 0 Å². The molecule has 1 aromatic rings. The van der Waals surface area contributed by atoms with Gasteiger partial charge in [0.25, 0.3) is 0 Å². The molecule has 1 aliphatic rings. The molecule has 1 aromatic carbocycles. The van der Waals surface area contributed by atoms with Gasteiger partial charge in [-0.05, 0) is 24.0 Å². The van der Waals surface area contributed by atoms with Crippen molar-refractivity contribution >= 4 is 28.9 Å². The van der Waals surface area contributed by atoms with Gasteiger partial charge in [0.1, 0.15) is 0 Å². The minimum atomic E-state index is -0.139. The number of carbonyl (C=O) groups is 2. The maximum Gasteiger partial charge on any atom is 0.224 e. The van der Waals surface area contributed by atoms with Crippen molar-refractivity contribution in [2.45, 2.75) is 26.2 Å². The third kappa shape index (κ3) is 2.71. The van der Waals surface area contributed by atoms with Gasteiger partial charge in [0, 0.05) is 17.9 Å². The summed E-state index contributed by atoms with van der Waals surface area (Å²) >= 11 is 5.73. The number of ketones is 1. The van der Waals surface area contributed by atoms with Crippen LogP contribution in [0.2, 0.25) is 0 Å². The monoisotopic (exact) mass is 277 g/mol. The van der Waals surface area contributed by atoms with E-state index in [-0.39, 0.29) is 11.7 Å². The summed E-state index contributed by atoms with van der Waals surface area (Å²) in [5.74, 6) is 0.302. The third-order valence-electron chi connectivity index (χ3n) is 3.17. The molecule has 0 saturated heterocycles. The molecular weight excluding hydrogens is 262 g/mol. The Morgan fingerprint density at radius 2 is 1.95 bits per heavy atom. The first-order valence-electron chi connectivity index (χ1n) is 6.42. The molecule has 4 heteroatoms. The van der Waals surface area contributed by atoms with Crippen LogP contribution in [0.1, 0.15) is 42.1 Å². The fraction of sp³-hybridized carbons (Fsp3) is 0.333. The summed E-state index contributed by atoms with van der Waals surface area (Å²) in [5.41, 5.74) is 2.92. The lowest BCUT2D eigenvalue weighted by Crippen LogP contribution is -2.25. The first-order valence-corrected chi connectivity index (χ1v) is 6.95. The number of benzene rings is 1. The van der Waals surface area contributed by atoms with Crippen molar-refractivity contribution in [3.05, 3.63) is 41.1 Å². The standard InChI is InChI=1S/C15H16ClNO2/c1-2-13(18)17-14-11(8-5-9-16)10-6-3-4-7-12(10)15(14)19/h3-4,6-7H,2,5,8-9H2,1H3,(H,17,18,19). The van der Waals surface area contributed by atoms with Crippen molar-refractivity contribution in [3.63, 3.8) is 0 Å². The van der Waals surface area contributed by atoms with Crippen LogP contribution < -0.4 is 5.32 Å². The Kier molecular flexibility index (Phi) is 4.38. The summed E-state index contributed by atoms with van der Waals surface area (Å²) in [5, 5.41) is 2.73. The van der Waals surface area contributed by atoms with Crippen LogP contribution in [0.5, 0.6) is 0 Å². The van der Waals surface area contributed by atoms with E-state index in [0.717, 1.165) is 17.6 Å². The second kappa shape index (κ2) is 6.02. The molecule has 0 saturated carbocycles. The summed E-state index contributed by atoms with van der Waals surface area (Å²) in [4.78, 5) is 23.9. The molecule has 19 heavy (non-hydrogen) atoms. The number of Topliss-reactive ketones (excluding diaryl/α,β-unsaturated/α-hetero) is 1. The van der Waals surface area contributed by atoms with E-state index in [0.29, 0.717) is 30.0 Å². The minimum Gasteiger partial charge on any atom is -0.323 e. The maximum absolute atomic E-state index is 12.3. The van der Waals surface area contributed by atoms with Gasteiger partial charge >= 0.3 is 0 Å². The lowest BCUT2D eigenvalue weighted by atomic mass is 10.0. The van der Waals surface area contributed by atoms with Gasteiger partial charge in [-0.2, -0.15) is 0 Å². The second-order valence-corrected chi connectivity index (χ2v) is 4.80. The molecule has 0 heterocycles. The van der Waals surface area contributed by atoms with E-state index in [1.807, 2.05) is 18.2 Å². The van der Waals surface area contributed by atoms with Gasteiger partial charge in [-0.1, -0.05) is 31.2 Å². The summed E-state index contributed by atoms with van der Waals surface area (Å²) in [6.45, 7) is 1.76. The number of nitrogens with one attached hydrogen (secondary N) is 1. The van der Waals surface area contributed by atoms with Crippen molar-refractivity contribution in [2.75, 3.05) is 5.88 Å². The number of allylic oxidation sites excluding steroid dienone is 2. The van der Waals surface area contributed by atoms with E-state index >= 15 is 0 Å². The molecule has 0 atom stereocenters. The molecule has 0 fully saturated rings. The van der Waals surface area contributed by atoms with Crippen LogP contribution in [0.15, 0.2) is 30.0 Å². The van der Waals surface area contributed by atoms with E-state index in [2.05, 4.69) is 5.32 Å². The van der Waals surface area contributed by atoms with Crippen LogP contribution in [-0.4, -0.2) is 17.6 Å². The Morgan fingerprint density at radius 3 is 2.58 bits per heavy atom. The minimum absolute atomic E-state index is 0.0954. The Balaban J connectivity index is 2.39. The molecule has 100 valence electrons. The average molecular weight is 278 g/mol. The highest BCUT2D eigenvalue weighted by atomic mass is 35.5. The highest BCUT2D eigenvalue weighted by molar-refractivity contribution is 6.21. The van der Waals surface area contributed by atoms with Gasteiger partial charge in [0.05, 0.1) is 5.70 Å². The predicted molar refractivity (Wildman–Crippen MR) is 76.1 cm³/mol. The molecule has 2 rings (SSSR count). The van der Waals surface area contributed by atoms with Gasteiger partial charge in [-0.15, -0.1) is 11.6 Å². The first-order chi connectivity index (χ1) is 9.19. The Hall–Kier alpha value is -1.61. The van der Waals surface area contributed by atoms with Crippen molar-refractivity contribution in [3.8, 4) is 0 Å². The number of hydrogen-bond acceptors (Lipinski definition) is 2. The van der Waals surface area contributed by atoms with E-state index in [1.165, 1.54) is 0 Å². The van der Waals surface area contributed by atoms with Crippen molar-refractivity contribution < 1.29 is 9.59 Å². The number of rotatable bonds is 5. The molecule has 0 radical (unpaired) electrons. The number of halogens is 1. The summed E-state index contributed by atoms with van der Waals surface area (Å²) in [7, 11) is 0. The summed E-state index contributed by atoms with van der Waals surface area (Å²) < 4.78 is 0. The average Bonchev–Trinajstić information content (AvgIpc) is 2.70. The summed E-state index contributed by atoms with van der Waals surface area (Å²) in [6, 6.07) is 7.45. The van der Waals surface area contributed by atoms with Crippen LogP contribution in [0, 0.1) is 0 Å². The van der Waals surface area contributed by atoms with Crippen LogP contribution in [0.4, 0.5) is 0 Å². The molecule has 0 aliphatic heterocycles. The highest BCUT2D eigenvalue weighted by Crippen LogP contribution is 2.34. The Morgan fingerprint density at radius 1 is 1.26 bits per heavy atom. The maximum atomic E-state index is 12.3. The highest BCUT2D eigenvalue weighted by Gasteiger charge is 2.29. The zero-order chi connectivity index (χ0) is 13.8. The van der Waals surface area contributed by atoms with Crippen LogP contribution in [0.25, 0.3) is 5.57 Å². The molecule has 0 aromatic heterocycles. The zero-order valence-corrected chi connectivity index (χ0v) is 11.6. The lowest BCUT2D eigenvalue weighted by Gasteiger charge is -2.07. The molecular formula is C15H16ClNO2. The molecule has 1 N–H and O–H groups in total. The fourth-order valence-electron chi connectivity index (χ4n) is 2.21. The number of amides is 1. The van der Waals surface area contributed by atoms with E-state index in [1.54, 1.807) is 13.0 Å². The molecule has 1 aliphatic carbocycles. The van der Waals surface area contributed by atoms with Gasteiger partial charge < -0.3 is 5.32 Å². The van der Waals surface area contributed by atoms with Crippen LogP contribution in [-0.2, 0) is 4.79 Å². The van der Waals surface area contributed by atoms with Crippen LogP contribution in [0.3, 0.4) is 0 Å². The number of hydrogen-bond donors (Lipinski definition) is 1. The van der Waals surface area contributed by atoms with Gasteiger partial charge in [-0.25, -0.2) is 0 Å². The predicted octanol–water partition coefficient (Wildman–Crippen LogP) is 3.14. The Labute approximate surface area is 117 Å². The molecule has 3 nitrogen and oxygen atoms in total. The van der Waals surface area contributed by atoms with Gasteiger partial charge in [-0.3, -0.25) is 9.59 Å². The van der Waals surface area contributed by atoms with Crippen LogP contribution >= 0.6 is 11.6 Å². The van der Waals surface area contributed by atoms with Gasteiger partial charge in [0.2, 0.25) is 11.7 Å². The number of alkyl halides is 1. The second-order valence-electron chi connectivity index (χ2n) is 4.42. The molecule has 0 spiro atoms. The molecule has 0 bridgehead atoms.